The van der Waals surface area contributed by atoms with Crippen molar-refractivity contribution in [1.82, 2.24) is 5.06 Å². The van der Waals surface area contributed by atoms with Gasteiger partial charge in [0.1, 0.15) is 0 Å². The number of hydrogen-bond donors (Lipinski definition) is 0. The van der Waals surface area contributed by atoms with Gasteiger partial charge in [0.25, 0.3) is 5.91 Å². The zero-order valence-corrected chi connectivity index (χ0v) is 8.12. The van der Waals surface area contributed by atoms with Crippen LogP contribution in [0.5, 0.6) is 0 Å². The Bertz CT molecular complexity index is 262. The van der Waals surface area contributed by atoms with E-state index >= 15 is 0 Å². The Morgan fingerprint density at radius 1 is 1.64 bits per heavy atom. The largest absolute Gasteiger partial charge is 0.358 e. The predicted octanol–water partition coefficient (Wildman–Crippen LogP) is 0.617. The summed E-state index contributed by atoms with van der Waals surface area (Å²) in [5, 5.41) is 0.935. The van der Waals surface area contributed by atoms with Gasteiger partial charge in [0.2, 0.25) is 0 Å². The van der Waals surface area contributed by atoms with E-state index in [0.717, 1.165) is 5.06 Å². The number of ether oxygens (including phenoxy) is 1. The monoisotopic (exact) mass is 199 g/mol. The summed E-state index contributed by atoms with van der Waals surface area (Å²) in [6.45, 7) is 5.44. The quantitative estimate of drug-likeness (QED) is 0.612. The lowest BCUT2D eigenvalue weighted by Gasteiger charge is -2.17. The molecule has 0 bridgehead atoms. The van der Waals surface area contributed by atoms with E-state index in [9.17, 15) is 9.59 Å². The Hall–Kier alpha value is -1.36. The van der Waals surface area contributed by atoms with Gasteiger partial charge in [-0.3, -0.25) is 4.79 Å². The Balaban J connectivity index is 2.52. The molecule has 0 aromatic carbocycles. The molecule has 0 aliphatic carbocycles. The summed E-state index contributed by atoms with van der Waals surface area (Å²) in [5.41, 5.74) is 0.252. The molecule has 0 N–H and O–H groups in total. The number of rotatable bonds is 2. The smallest absolute Gasteiger partial charge is 0.358 e. The lowest BCUT2D eigenvalue weighted by Crippen LogP contribution is -2.33. The summed E-state index contributed by atoms with van der Waals surface area (Å²) in [7, 11) is 0. The minimum atomic E-state index is -0.608. The predicted molar refractivity (Wildman–Crippen MR) is 47.8 cm³/mol. The average Bonchev–Trinajstić information content (AvgIpc) is 2.32. The van der Waals surface area contributed by atoms with Crippen molar-refractivity contribution in [2.24, 2.45) is 0 Å². The molecule has 78 valence electrons. The fourth-order valence-electron chi connectivity index (χ4n) is 0.925. The SMILES string of the molecule is C=C(C)C(=O)ON1COCCCC1=O. The number of hydrogen-bond acceptors (Lipinski definition) is 4. The molecule has 1 aliphatic rings. The van der Waals surface area contributed by atoms with E-state index in [1.807, 2.05) is 0 Å². The molecule has 0 aromatic heterocycles. The molecule has 1 heterocycles. The molecule has 5 nitrogen and oxygen atoms in total. The molecule has 0 saturated carbocycles. The van der Waals surface area contributed by atoms with Crippen molar-refractivity contribution >= 4 is 11.9 Å². The van der Waals surface area contributed by atoms with Gasteiger partial charge in [-0.05, 0) is 13.3 Å². The van der Waals surface area contributed by atoms with Crippen molar-refractivity contribution in [2.75, 3.05) is 13.3 Å². The third-order valence-electron chi connectivity index (χ3n) is 1.71. The van der Waals surface area contributed by atoms with Crippen LogP contribution in [0.1, 0.15) is 19.8 Å². The van der Waals surface area contributed by atoms with Crippen LogP contribution in [-0.4, -0.2) is 30.3 Å². The number of carbonyl (C=O) groups excluding carboxylic acids is 2. The zero-order valence-electron chi connectivity index (χ0n) is 8.12. The van der Waals surface area contributed by atoms with Crippen LogP contribution in [0.25, 0.3) is 0 Å². The highest BCUT2D eigenvalue weighted by atomic mass is 16.7. The van der Waals surface area contributed by atoms with Crippen molar-refractivity contribution in [2.45, 2.75) is 19.8 Å². The molecule has 5 heteroatoms. The summed E-state index contributed by atoms with van der Waals surface area (Å²) >= 11 is 0. The van der Waals surface area contributed by atoms with Gasteiger partial charge in [0, 0.05) is 18.6 Å². The van der Waals surface area contributed by atoms with Crippen LogP contribution in [0.15, 0.2) is 12.2 Å². The second kappa shape index (κ2) is 4.76. The fraction of sp³-hybridized carbons (Fsp3) is 0.556. The molecular weight excluding hydrogens is 186 g/mol. The highest BCUT2D eigenvalue weighted by molar-refractivity contribution is 5.88. The highest BCUT2D eigenvalue weighted by Gasteiger charge is 2.21. The molecule has 1 fully saturated rings. The Morgan fingerprint density at radius 2 is 2.36 bits per heavy atom. The van der Waals surface area contributed by atoms with Crippen LogP contribution >= 0.6 is 0 Å². The summed E-state index contributed by atoms with van der Waals surface area (Å²) in [5.74, 6) is -0.846. The number of nitrogens with zero attached hydrogens (tertiary/aromatic N) is 1. The first-order chi connectivity index (χ1) is 6.61. The van der Waals surface area contributed by atoms with Crippen molar-refractivity contribution in [3.63, 3.8) is 0 Å². The first kappa shape index (κ1) is 10.7. The molecule has 1 saturated heterocycles. The summed E-state index contributed by atoms with van der Waals surface area (Å²) in [6, 6.07) is 0. The van der Waals surface area contributed by atoms with Crippen molar-refractivity contribution in [3.05, 3.63) is 12.2 Å². The van der Waals surface area contributed by atoms with E-state index in [4.69, 9.17) is 9.57 Å². The molecule has 0 atom stereocenters. The minimum Gasteiger partial charge on any atom is -0.358 e. The normalized spacial score (nSPS) is 17.5. The summed E-state index contributed by atoms with van der Waals surface area (Å²) < 4.78 is 5.06. The van der Waals surface area contributed by atoms with Gasteiger partial charge in [0.05, 0.1) is 0 Å². The molecule has 0 radical (unpaired) electrons. The van der Waals surface area contributed by atoms with Crippen LogP contribution < -0.4 is 0 Å². The Morgan fingerprint density at radius 3 is 3.00 bits per heavy atom. The molecular formula is C9H13NO4. The minimum absolute atomic E-state index is 0.00213. The second-order valence-electron chi connectivity index (χ2n) is 3.07. The maximum atomic E-state index is 11.3. The maximum absolute atomic E-state index is 11.3. The van der Waals surface area contributed by atoms with E-state index in [2.05, 4.69) is 6.58 Å². The summed E-state index contributed by atoms with van der Waals surface area (Å²) in [6.07, 6.45) is 0.990. The molecule has 1 rings (SSSR count). The van der Waals surface area contributed by atoms with Crippen molar-refractivity contribution in [3.8, 4) is 0 Å². The highest BCUT2D eigenvalue weighted by Crippen LogP contribution is 2.07. The van der Waals surface area contributed by atoms with Gasteiger partial charge in [-0.15, -0.1) is 5.06 Å². The van der Waals surface area contributed by atoms with E-state index in [1.54, 1.807) is 0 Å². The first-order valence-electron chi connectivity index (χ1n) is 4.37. The van der Waals surface area contributed by atoms with Crippen molar-refractivity contribution in [1.29, 1.82) is 0 Å². The lowest BCUT2D eigenvalue weighted by atomic mass is 10.3. The maximum Gasteiger partial charge on any atom is 0.358 e. The standard InChI is InChI=1S/C9H13NO4/c1-7(2)9(12)14-10-6-13-5-3-4-8(10)11/h1,3-6H2,2H3. The van der Waals surface area contributed by atoms with Gasteiger partial charge in [-0.25, -0.2) is 4.79 Å². The third kappa shape index (κ3) is 2.85. The van der Waals surface area contributed by atoms with Crippen LogP contribution in [0.2, 0.25) is 0 Å². The Kier molecular flexibility index (Phi) is 3.64. The third-order valence-corrected chi connectivity index (χ3v) is 1.71. The number of hydroxylamine groups is 2. The van der Waals surface area contributed by atoms with Gasteiger partial charge >= 0.3 is 5.97 Å². The first-order valence-corrected chi connectivity index (χ1v) is 4.37. The van der Waals surface area contributed by atoms with Crippen LogP contribution in [-0.2, 0) is 19.2 Å². The Labute approximate surface area is 82.2 Å². The van der Waals surface area contributed by atoms with Gasteiger partial charge in [0.15, 0.2) is 6.73 Å². The summed E-state index contributed by atoms with van der Waals surface area (Å²) in [4.78, 5) is 27.2. The number of amides is 1. The fourth-order valence-corrected chi connectivity index (χ4v) is 0.925. The lowest BCUT2D eigenvalue weighted by molar-refractivity contribution is -0.209. The topological polar surface area (TPSA) is 55.8 Å². The van der Waals surface area contributed by atoms with Crippen molar-refractivity contribution < 1.29 is 19.2 Å². The van der Waals surface area contributed by atoms with E-state index in [1.165, 1.54) is 6.92 Å². The molecule has 0 spiro atoms. The van der Waals surface area contributed by atoms with Crippen LogP contribution in [0.3, 0.4) is 0 Å². The van der Waals surface area contributed by atoms with E-state index < -0.39 is 5.97 Å². The van der Waals surface area contributed by atoms with E-state index in [-0.39, 0.29) is 18.2 Å². The number of carbonyl (C=O) groups is 2. The van der Waals surface area contributed by atoms with Crippen LogP contribution in [0, 0.1) is 0 Å². The molecule has 1 amide bonds. The van der Waals surface area contributed by atoms with Gasteiger partial charge in [-0.1, -0.05) is 6.58 Å². The molecule has 0 aromatic rings. The second-order valence-corrected chi connectivity index (χ2v) is 3.07. The molecule has 1 aliphatic heterocycles. The van der Waals surface area contributed by atoms with Gasteiger partial charge < -0.3 is 9.57 Å². The van der Waals surface area contributed by atoms with E-state index in [0.29, 0.717) is 19.4 Å². The molecule has 14 heavy (non-hydrogen) atoms. The molecule has 0 unspecified atom stereocenters. The zero-order chi connectivity index (χ0) is 10.6. The average molecular weight is 199 g/mol. The van der Waals surface area contributed by atoms with Crippen LogP contribution in [0.4, 0.5) is 0 Å². The van der Waals surface area contributed by atoms with Gasteiger partial charge in [-0.2, -0.15) is 0 Å².